The van der Waals surface area contributed by atoms with Crippen LogP contribution in [0.3, 0.4) is 0 Å². The molecule has 1 aliphatic rings. The van der Waals surface area contributed by atoms with Crippen LogP contribution >= 0.6 is 0 Å². The van der Waals surface area contributed by atoms with E-state index >= 15 is 0 Å². The first kappa shape index (κ1) is 23.8. The number of aliphatic imine (C=N–C) groups is 1. The summed E-state index contributed by atoms with van der Waals surface area (Å²) in [6.45, 7) is 5.36. The number of rotatable bonds is 11. The van der Waals surface area contributed by atoms with Crippen molar-refractivity contribution in [2.24, 2.45) is 10.4 Å². The van der Waals surface area contributed by atoms with Gasteiger partial charge in [-0.1, -0.05) is 25.0 Å². The summed E-state index contributed by atoms with van der Waals surface area (Å²) < 4.78 is 7.22. The Morgan fingerprint density at radius 2 is 2.09 bits per heavy atom. The van der Waals surface area contributed by atoms with Gasteiger partial charge in [0.2, 0.25) is 5.91 Å². The van der Waals surface area contributed by atoms with Crippen molar-refractivity contribution in [1.29, 1.82) is 0 Å². The number of carbonyl (C=O) groups excluding carboxylic acids is 1. The Morgan fingerprint density at radius 1 is 1.25 bits per heavy atom. The summed E-state index contributed by atoms with van der Waals surface area (Å²) in [5, 5.41) is 13.9. The minimum absolute atomic E-state index is 0.106. The molecule has 0 unspecified atom stereocenters. The smallest absolute Gasteiger partial charge is 0.246 e. The van der Waals surface area contributed by atoms with Crippen LogP contribution < -0.4 is 16.0 Å². The van der Waals surface area contributed by atoms with E-state index in [1.165, 1.54) is 25.7 Å². The van der Waals surface area contributed by atoms with Gasteiger partial charge >= 0.3 is 0 Å². The zero-order valence-corrected chi connectivity index (χ0v) is 19.3. The van der Waals surface area contributed by atoms with Crippen LogP contribution in [0.5, 0.6) is 0 Å². The first-order valence-corrected chi connectivity index (χ1v) is 11.5. The van der Waals surface area contributed by atoms with Crippen LogP contribution in [-0.2, 0) is 22.6 Å². The lowest BCUT2D eigenvalue weighted by Crippen LogP contribution is -2.43. The van der Waals surface area contributed by atoms with Crippen LogP contribution in [0.2, 0.25) is 0 Å². The summed E-state index contributed by atoms with van der Waals surface area (Å²) in [6, 6.07) is 9.64. The molecule has 0 bridgehead atoms. The topological polar surface area (TPSA) is 92.6 Å². The summed E-state index contributed by atoms with van der Waals surface area (Å²) in [4.78, 5) is 16.6. The molecule has 3 rings (SSSR count). The highest BCUT2D eigenvalue weighted by atomic mass is 16.5. The molecule has 8 heteroatoms. The van der Waals surface area contributed by atoms with Gasteiger partial charge in [0.1, 0.15) is 6.54 Å². The first-order valence-electron chi connectivity index (χ1n) is 11.5. The zero-order valence-electron chi connectivity index (χ0n) is 19.3. The maximum Gasteiger partial charge on any atom is 0.246 e. The molecule has 1 aromatic carbocycles. The van der Waals surface area contributed by atoms with Crippen LogP contribution in [0.1, 0.15) is 44.6 Å². The minimum atomic E-state index is -0.106. The third-order valence-corrected chi connectivity index (χ3v) is 6.04. The molecule has 0 radical (unpaired) electrons. The van der Waals surface area contributed by atoms with E-state index in [-0.39, 0.29) is 12.5 Å². The Hall–Kier alpha value is -2.87. The van der Waals surface area contributed by atoms with E-state index in [0.29, 0.717) is 12.0 Å². The Balaban J connectivity index is 1.48. The molecule has 3 N–H and O–H groups in total. The molecular formula is C24H36N6O2. The van der Waals surface area contributed by atoms with E-state index < -0.39 is 0 Å². The van der Waals surface area contributed by atoms with Crippen LogP contribution in [0.15, 0.2) is 47.7 Å². The Kier molecular flexibility index (Phi) is 9.10. The molecule has 2 aromatic rings. The third kappa shape index (κ3) is 7.37. The molecule has 1 aliphatic carbocycles. The van der Waals surface area contributed by atoms with E-state index in [1.54, 1.807) is 30.2 Å². The molecule has 0 aliphatic heterocycles. The summed E-state index contributed by atoms with van der Waals surface area (Å²) in [6.07, 6.45) is 9.58. The Bertz CT molecular complexity index is 859. The number of nitrogens with zero attached hydrogens (tertiary/aromatic N) is 3. The van der Waals surface area contributed by atoms with Crippen LogP contribution in [0.4, 0.5) is 5.69 Å². The molecule has 32 heavy (non-hydrogen) atoms. The van der Waals surface area contributed by atoms with E-state index in [9.17, 15) is 4.79 Å². The number of hydrogen-bond acceptors (Lipinski definition) is 4. The summed E-state index contributed by atoms with van der Waals surface area (Å²) in [5.74, 6) is 0.686. The number of guanidine groups is 1. The molecule has 1 amide bonds. The molecule has 0 spiro atoms. The second-order valence-corrected chi connectivity index (χ2v) is 8.39. The number of anilines is 1. The fourth-order valence-electron chi connectivity index (χ4n) is 4.25. The number of hydrogen-bond donors (Lipinski definition) is 3. The molecule has 1 saturated carbocycles. The number of nitrogens with one attached hydrogen (secondary N) is 3. The number of carbonyl (C=O) groups is 1. The number of ether oxygens (including phenoxy) is 1. The van der Waals surface area contributed by atoms with Crippen molar-refractivity contribution >= 4 is 17.6 Å². The number of aromatic nitrogens is 2. The zero-order chi connectivity index (χ0) is 22.7. The van der Waals surface area contributed by atoms with Crippen molar-refractivity contribution in [1.82, 2.24) is 20.4 Å². The standard InChI is InChI=1S/C24H36N6O2/c1-3-32-15-12-24(10-4-5-11-24)19-27-23(25-2)26-17-20-8-6-9-21(16-20)29-22(31)18-30-14-7-13-28-30/h6-9,13-14,16H,3-5,10-12,15,17-19H2,1-2H3,(H,29,31)(H2,25,26,27). The van der Waals surface area contributed by atoms with Crippen molar-refractivity contribution in [3.05, 3.63) is 48.3 Å². The number of amides is 1. The van der Waals surface area contributed by atoms with Gasteiger partial charge in [-0.05, 0) is 55.4 Å². The first-order chi connectivity index (χ1) is 15.6. The lowest BCUT2D eigenvalue weighted by molar-refractivity contribution is -0.116. The van der Waals surface area contributed by atoms with Crippen molar-refractivity contribution in [3.63, 3.8) is 0 Å². The molecular weight excluding hydrogens is 404 g/mol. The largest absolute Gasteiger partial charge is 0.382 e. The van der Waals surface area contributed by atoms with E-state index in [1.807, 2.05) is 31.2 Å². The monoisotopic (exact) mass is 440 g/mol. The molecule has 174 valence electrons. The van der Waals surface area contributed by atoms with Gasteiger partial charge in [0, 0.05) is 51.4 Å². The second kappa shape index (κ2) is 12.2. The van der Waals surface area contributed by atoms with Crippen LogP contribution in [0.25, 0.3) is 0 Å². The average molecular weight is 441 g/mol. The predicted octanol–water partition coefficient (Wildman–Crippen LogP) is 3.17. The van der Waals surface area contributed by atoms with E-state index in [2.05, 4.69) is 26.0 Å². The summed E-state index contributed by atoms with van der Waals surface area (Å²) in [7, 11) is 1.79. The normalized spacial score (nSPS) is 15.5. The van der Waals surface area contributed by atoms with Gasteiger partial charge in [-0.3, -0.25) is 14.5 Å². The van der Waals surface area contributed by atoms with E-state index in [0.717, 1.165) is 43.4 Å². The highest BCUT2D eigenvalue weighted by Gasteiger charge is 2.33. The minimum Gasteiger partial charge on any atom is -0.382 e. The van der Waals surface area contributed by atoms with Crippen LogP contribution in [-0.4, -0.2) is 48.5 Å². The van der Waals surface area contributed by atoms with Crippen molar-refractivity contribution in [3.8, 4) is 0 Å². The van der Waals surface area contributed by atoms with Crippen molar-refractivity contribution < 1.29 is 9.53 Å². The fourth-order valence-corrected chi connectivity index (χ4v) is 4.25. The molecule has 8 nitrogen and oxygen atoms in total. The maximum absolute atomic E-state index is 12.2. The highest BCUT2D eigenvalue weighted by Crippen LogP contribution is 2.40. The molecule has 1 aromatic heterocycles. The van der Waals surface area contributed by atoms with Gasteiger partial charge in [-0.2, -0.15) is 5.10 Å². The summed E-state index contributed by atoms with van der Waals surface area (Å²) >= 11 is 0. The van der Waals surface area contributed by atoms with Gasteiger partial charge in [0.25, 0.3) is 0 Å². The predicted molar refractivity (Wildman–Crippen MR) is 128 cm³/mol. The summed E-state index contributed by atoms with van der Waals surface area (Å²) in [5.41, 5.74) is 2.13. The van der Waals surface area contributed by atoms with Gasteiger partial charge in [0.15, 0.2) is 5.96 Å². The van der Waals surface area contributed by atoms with Crippen molar-refractivity contribution in [2.45, 2.75) is 52.1 Å². The fraction of sp³-hybridized carbons (Fsp3) is 0.542. The molecule has 1 heterocycles. The maximum atomic E-state index is 12.2. The Labute approximate surface area is 190 Å². The van der Waals surface area contributed by atoms with Gasteiger partial charge in [-0.15, -0.1) is 0 Å². The van der Waals surface area contributed by atoms with Gasteiger partial charge in [-0.25, -0.2) is 0 Å². The number of benzene rings is 1. The molecule has 0 saturated heterocycles. The second-order valence-electron chi connectivity index (χ2n) is 8.39. The third-order valence-electron chi connectivity index (χ3n) is 6.04. The quantitative estimate of drug-likeness (QED) is 0.284. The molecule has 0 atom stereocenters. The van der Waals surface area contributed by atoms with Crippen LogP contribution in [0, 0.1) is 5.41 Å². The molecule has 1 fully saturated rings. The van der Waals surface area contributed by atoms with Crippen molar-refractivity contribution in [2.75, 3.05) is 32.1 Å². The highest BCUT2D eigenvalue weighted by molar-refractivity contribution is 5.90. The lowest BCUT2D eigenvalue weighted by atomic mass is 9.83. The van der Waals surface area contributed by atoms with Gasteiger partial charge in [0.05, 0.1) is 0 Å². The SMILES string of the molecule is CCOCCC1(CNC(=NC)NCc2cccc(NC(=O)Cn3cccn3)c2)CCCC1. The lowest BCUT2D eigenvalue weighted by Gasteiger charge is -2.30. The Morgan fingerprint density at radius 3 is 2.81 bits per heavy atom. The van der Waals surface area contributed by atoms with Gasteiger partial charge < -0.3 is 20.7 Å². The van der Waals surface area contributed by atoms with E-state index in [4.69, 9.17) is 4.74 Å². The average Bonchev–Trinajstić information content (AvgIpc) is 3.47.